The number of carbonyl (C=O) groups excluding carboxylic acids is 2. The van der Waals surface area contributed by atoms with E-state index >= 15 is 0 Å². The zero-order chi connectivity index (χ0) is 29.7. The highest BCUT2D eigenvalue weighted by Gasteiger charge is 2.56. The van der Waals surface area contributed by atoms with Gasteiger partial charge < -0.3 is 34.8 Å². The molecule has 0 aliphatic carbocycles. The number of aromatic nitrogens is 4. The normalized spacial score (nSPS) is 26.2. The number of ether oxygens (including phenoxy) is 2. The van der Waals surface area contributed by atoms with Gasteiger partial charge in [0.05, 0.1) is 19.0 Å². The Labute approximate surface area is 238 Å². The molecule has 216 valence electrons. The third-order valence-corrected chi connectivity index (χ3v) is 7.02. The minimum Gasteiger partial charge on any atom is -0.479 e. The van der Waals surface area contributed by atoms with Crippen LogP contribution < -0.4 is 4.90 Å². The van der Waals surface area contributed by atoms with Crippen LogP contribution >= 0.6 is 11.6 Å². The Balaban J connectivity index is 0.00000124. The number of carbonyl (C=O) groups is 1. The third-order valence-electron chi connectivity index (χ3n) is 6.85. The summed E-state index contributed by atoms with van der Waals surface area (Å²) in [6.07, 6.45) is 1.95. The number of carboxylic acids is 1. The van der Waals surface area contributed by atoms with E-state index in [2.05, 4.69) is 20.9 Å². The van der Waals surface area contributed by atoms with E-state index in [0.29, 0.717) is 30.8 Å². The molecule has 5 rings (SSSR count). The molecule has 3 aromatic rings. The van der Waals surface area contributed by atoms with Crippen LogP contribution in [0.5, 0.6) is 0 Å². The number of aliphatic carboxylic acids is 1. The summed E-state index contributed by atoms with van der Waals surface area (Å²) in [5.41, 5.74) is -0.869. The summed E-state index contributed by atoms with van der Waals surface area (Å²) >= 11 is 6.19. The van der Waals surface area contributed by atoms with Crippen LogP contribution in [-0.4, -0.2) is 102 Å². The molecule has 4 N–H and O–H groups in total. The van der Waals surface area contributed by atoms with Gasteiger partial charge in [-0.15, -0.1) is 6.42 Å². The monoisotopic (exact) mass is 587 g/mol. The molecule has 2 aromatic heterocycles. The summed E-state index contributed by atoms with van der Waals surface area (Å²) in [6.45, 7) is 0.488. The number of rotatable bonds is 8. The van der Waals surface area contributed by atoms with Gasteiger partial charge in [0.25, 0.3) is 0 Å². The molecule has 0 amide bonds. The van der Waals surface area contributed by atoms with E-state index in [1.54, 1.807) is 24.3 Å². The van der Waals surface area contributed by atoms with Crippen molar-refractivity contribution >= 4 is 40.7 Å². The molecule has 2 aliphatic rings. The molecule has 4 heterocycles. The second-order valence-electron chi connectivity index (χ2n) is 9.39. The SMILES string of the molecule is C#C[C@@]1(O)[C@@H](COC(Cc2ccccc2)C(=O)O)O[C@@H](n2cnc3c(N4CC[C@@H](O)C4)nc(Cl)nc32)[C@@H]1O.O=C=O. The van der Waals surface area contributed by atoms with E-state index in [4.69, 9.17) is 37.1 Å². The number of benzene rings is 1. The van der Waals surface area contributed by atoms with E-state index in [9.17, 15) is 25.2 Å². The van der Waals surface area contributed by atoms with Crippen molar-refractivity contribution in [3.05, 3.63) is 47.5 Å². The zero-order valence-corrected chi connectivity index (χ0v) is 22.2. The Kier molecular flexibility index (Phi) is 9.31. The number of fused-ring (bicyclic) bond motifs is 1. The number of aliphatic hydroxyl groups excluding tert-OH is 2. The Morgan fingerprint density at radius 2 is 1.98 bits per heavy atom. The fraction of sp³-hybridized carbons (Fsp3) is 0.423. The van der Waals surface area contributed by atoms with Crippen LogP contribution in [0.1, 0.15) is 18.2 Å². The minimum atomic E-state index is -2.20. The first-order valence-electron chi connectivity index (χ1n) is 12.4. The maximum absolute atomic E-state index is 11.8. The molecule has 41 heavy (non-hydrogen) atoms. The number of halogens is 1. The third kappa shape index (κ3) is 6.22. The molecule has 0 radical (unpaired) electrons. The lowest BCUT2D eigenvalue weighted by Gasteiger charge is -2.26. The van der Waals surface area contributed by atoms with E-state index in [1.165, 1.54) is 10.9 Å². The number of anilines is 1. The van der Waals surface area contributed by atoms with Gasteiger partial charge in [-0.1, -0.05) is 36.3 Å². The highest BCUT2D eigenvalue weighted by molar-refractivity contribution is 6.28. The first kappa shape index (κ1) is 30.0. The molecule has 2 fully saturated rings. The molecule has 15 heteroatoms. The van der Waals surface area contributed by atoms with Crippen molar-refractivity contribution in [2.75, 3.05) is 24.6 Å². The van der Waals surface area contributed by atoms with Crippen molar-refractivity contribution in [2.45, 2.75) is 49.1 Å². The number of aliphatic hydroxyl groups is 3. The highest BCUT2D eigenvalue weighted by atomic mass is 35.5. The van der Waals surface area contributed by atoms with Crippen LogP contribution in [0.4, 0.5) is 5.82 Å². The molecule has 0 saturated carbocycles. The number of β-amino-alcohol motifs (C(OH)–C–C–N with tert-alkyl or cyclic N) is 1. The Hall–Kier alpha value is -3.93. The fourth-order valence-corrected chi connectivity index (χ4v) is 4.94. The number of nitrogens with zero attached hydrogens (tertiary/aromatic N) is 5. The van der Waals surface area contributed by atoms with Crippen LogP contribution in [-0.2, 0) is 30.3 Å². The Morgan fingerprint density at radius 1 is 1.27 bits per heavy atom. The number of hydrogen-bond acceptors (Lipinski definition) is 12. The zero-order valence-electron chi connectivity index (χ0n) is 21.4. The predicted molar refractivity (Wildman–Crippen MR) is 139 cm³/mol. The van der Waals surface area contributed by atoms with Crippen molar-refractivity contribution in [2.24, 2.45) is 0 Å². The average molecular weight is 588 g/mol. The first-order chi connectivity index (χ1) is 19.6. The summed E-state index contributed by atoms with van der Waals surface area (Å²) in [5.74, 6) is 1.40. The van der Waals surface area contributed by atoms with Gasteiger partial charge in [0, 0.05) is 19.5 Å². The average Bonchev–Trinajstić information content (AvgIpc) is 3.64. The highest BCUT2D eigenvalue weighted by Crippen LogP contribution is 2.39. The Morgan fingerprint density at radius 3 is 2.59 bits per heavy atom. The van der Waals surface area contributed by atoms with Crippen LogP contribution in [0.25, 0.3) is 11.2 Å². The summed E-state index contributed by atoms with van der Waals surface area (Å²) < 4.78 is 12.9. The summed E-state index contributed by atoms with van der Waals surface area (Å²) in [7, 11) is 0. The molecule has 2 saturated heterocycles. The second kappa shape index (κ2) is 12.7. The quantitative estimate of drug-likeness (QED) is 0.200. The van der Waals surface area contributed by atoms with E-state index in [0.717, 1.165) is 5.56 Å². The fourth-order valence-electron chi connectivity index (χ4n) is 4.78. The van der Waals surface area contributed by atoms with Crippen molar-refractivity contribution in [3.63, 3.8) is 0 Å². The largest absolute Gasteiger partial charge is 0.479 e. The molecule has 0 bridgehead atoms. The molecule has 1 aromatic carbocycles. The van der Waals surface area contributed by atoms with Gasteiger partial charge >= 0.3 is 12.1 Å². The van der Waals surface area contributed by atoms with Gasteiger partial charge in [0.15, 0.2) is 34.9 Å². The maximum Gasteiger partial charge on any atom is 0.373 e. The molecule has 1 unspecified atom stereocenters. The Bertz CT molecular complexity index is 1460. The molecule has 2 aliphatic heterocycles. The lowest BCUT2D eigenvalue weighted by Crippen LogP contribution is -2.48. The van der Waals surface area contributed by atoms with Crippen molar-refractivity contribution in [1.82, 2.24) is 19.5 Å². The molecular formula is C26H26ClN5O9. The van der Waals surface area contributed by atoms with Gasteiger partial charge in [-0.3, -0.25) is 4.57 Å². The number of carboxylic acid groups (broad SMARTS) is 1. The molecule has 6 atom stereocenters. The second-order valence-corrected chi connectivity index (χ2v) is 9.73. The topological polar surface area (TPSA) is 197 Å². The van der Waals surface area contributed by atoms with Gasteiger partial charge in [-0.05, 0) is 23.6 Å². The summed E-state index contributed by atoms with van der Waals surface area (Å²) in [6, 6.07) is 8.94. The molecule has 0 spiro atoms. The lowest BCUT2D eigenvalue weighted by molar-refractivity contribution is -0.191. The number of hydrogen-bond donors (Lipinski definition) is 4. The molecule has 14 nitrogen and oxygen atoms in total. The maximum atomic E-state index is 11.8. The number of imidazole rings is 1. The van der Waals surface area contributed by atoms with Gasteiger partial charge in [-0.2, -0.15) is 19.6 Å². The summed E-state index contributed by atoms with van der Waals surface area (Å²) in [5, 5.41) is 41.7. The van der Waals surface area contributed by atoms with E-state index < -0.39 is 48.8 Å². The molecular weight excluding hydrogens is 562 g/mol. The minimum absolute atomic E-state index is 0.0823. The van der Waals surface area contributed by atoms with Crippen LogP contribution in [0.15, 0.2) is 36.7 Å². The van der Waals surface area contributed by atoms with Crippen molar-refractivity contribution in [1.29, 1.82) is 0 Å². The lowest BCUT2D eigenvalue weighted by atomic mass is 9.93. The smallest absolute Gasteiger partial charge is 0.373 e. The van der Waals surface area contributed by atoms with Gasteiger partial charge in [0.2, 0.25) is 5.28 Å². The van der Waals surface area contributed by atoms with Crippen LogP contribution in [0, 0.1) is 12.3 Å². The van der Waals surface area contributed by atoms with Gasteiger partial charge in [-0.25, -0.2) is 9.78 Å². The van der Waals surface area contributed by atoms with Crippen LogP contribution in [0.2, 0.25) is 5.28 Å². The van der Waals surface area contributed by atoms with Crippen molar-refractivity contribution in [3.8, 4) is 12.3 Å². The van der Waals surface area contributed by atoms with Crippen LogP contribution in [0.3, 0.4) is 0 Å². The van der Waals surface area contributed by atoms with Gasteiger partial charge in [0.1, 0.15) is 12.2 Å². The standard InChI is InChI=1S/C25H26ClN5O7.CO2/c1-2-25(36)17(12-37-16(23(34)35)10-14-6-4-3-5-7-14)38-22(19(25)33)31-13-27-18-20(28-24(26)29-21(18)31)30-9-8-15(32)11-30;2-1-3/h1,3-7,13,15-17,19,22,32-33,36H,8-12H2,(H,34,35);/t15-,16?,17-,19+,22-,25-;/m1./s1. The van der Waals surface area contributed by atoms with E-state index in [1.807, 2.05) is 11.0 Å². The first-order valence-corrected chi connectivity index (χ1v) is 12.7. The summed E-state index contributed by atoms with van der Waals surface area (Å²) in [4.78, 5) is 42.8. The van der Waals surface area contributed by atoms with E-state index in [-0.39, 0.29) is 23.5 Å². The predicted octanol–water partition coefficient (Wildman–Crippen LogP) is -0.198. The van der Waals surface area contributed by atoms with Crippen molar-refractivity contribution < 1.29 is 44.3 Å². The number of terminal acetylenes is 1.